The van der Waals surface area contributed by atoms with E-state index in [9.17, 15) is 13.2 Å². The van der Waals surface area contributed by atoms with Gasteiger partial charge in [-0.05, 0) is 36.4 Å². The summed E-state index contributed by atoms with van der Waals surface area (Å²) in [6.07, 6.45) is 0. The van der Waals surface area contributed by atoms with Crippen molar-refractivity contribution in [3.63, 3.8) is 0 Å². The third kappa shape index (κ3) is 3.45. The van der Waals surface area contributed by atoms with E-state index >= 15 is 0 Å². The molecule has 1 aliphatic rings. The number of carbonyl (C=O) groups excluding carboxylic acids is 1. The number of halogens is 2. The number of ether oxygens (including phenoxy) is 1. The molecule has 9 heteroatoms. The molecule has 1 aliphatic carbocycles. The van der Waals surface area contributed by atoms with Gasteiger partial charge in [-0.3, -0.25) is 9.08 Å². The molecule has 0 aromatic heterocycles. The average molecular weight is 462 g/mol. The average Bonchev–Trinajstić information content (AvgIpc) is 2.74. The molecular formula is C21H13Cl2NO5S. The highest BCUT2D eigenvalue weighted by Crippen LogP contribution is 2.35. The maximum atomic E-state index is 12.9. The van der Waals surface area contributed by atoms with Gasteiger partial charge in [-0.2, -0.15) is 8.42 Å². The van der Waals surface area contributed by atoms with E-state index in [1.165, 1.54) is 31.4 Å². The lowest BCUT2D eigenvalue weighted by Gasteiger charge is -2.21. The van der Waals surface area contributed by atoms with Crippen LogP contribution >= 0.6 is 23.2 Å². The topological polar surface area (TPSA) is 82.0 Å². The molecule has 0 fully saturated rings. The van der Waals surface area contributed by atoms with Gasteiger partial charge in [0.1, 0.15) is 16.4 Å². The molecule has 0 atom stereocenters. The number of hydrogen-bond acceptors (Lipinski definition) is 6. The molecule has 3 aromatic rings. The summed E-state index contributed by atoms with van der Waals surface area (Å²) in [7, 11) is -2.76. The van der Waals surface area contributed by atoms with Crippen LogP contribution in [0.2, 0.25) is 10.0 Å². The Morgan fingerprint density at radius 1 is 0.833 bits per heavy atom. The van der Waals surface area contributed by atoms with E-state index in [1.54, 1.807) is 36.4 Å². The number of oxime groups is 1. The summed E-state index contributed by atoms with van der Waals surface area (Å²) in [6.45, 7) is 0. The van der Waals surface area contributed by atoms with Crippen molar-refractivity contribution >= 4 is 44.8 Å². The van der Waals surface area contributed by atoms with Crippen LogP contribution in [0.3, 0.4) is 0 Å². The van der Waals surface area contributed by atoms with Gasteiger partial charge < -0.3 is 4.74 Å². The predicted octanol–water partition coefficient (Wildman–Crippen LogP) is 4.70. The van der Waals surface area contributed by atoms with Gasteiger partial charge in [0.15, 0.2) is 5.78 Å². The highest BCUT2D eigenvalue weighted by Gasteiger charge is 2.32. The first-order chi connectivity index (χ1) is 14.3. The Labute approximate surface area is 182 Å². The lowest BCUT2D eigenvalue weighted by atomic mass is 9.83. The highest BCUT2D eigenvalue weighted by molar-refractivity contribution is 7.86. The molecule has 0 heterocycles. The van der Waals surface area contributed by atoms with Gasteiger partial charge in [-0.1, -0.05) is 52.6 Å². The van der Waals surface area contributed by atoms with Crippen molar-refractivity contribution in [2.75, 3.05) is 7.11 Å². The van der Waals surface area contributed by atoms with E-state index < -0.39 is 10.1 Å². The van der Waals surface area contributed by atoms with Crippen LogP contribution in [0.1, 0.15) is 27.0 Å². The summed E-state index contributed by atoms with van der Waals surface area (Å²) in [6, 6.07) is 15.2. The first-order valence-electron chi connectivity index (χ1n) is 8.61. The van der Waals surface area contributed by atoms with E-state index in [-0.39, 0.29) is 43.1 Å². The number of ketones is 1. The SMILES string of the molecule is COc1ccc(S(=O)(=O)O/N=C2\c3cccc(Cl)c3C(=O)c3cccc(Cl)c32)cc1. The summed E-state index contributed by atoms with van der Waals surface area (Å²) >= 11 is 12.6. The molecule has 3 aromatic carbocycles. The Morgan fingerprint density at radius 3 is 2.07 bits per heavy atom. The van der Waals surface area contributed by atoms with Gasteiger partial charge in [-0.25, -0.2) is 0 Å². The molecule has 6 nitrogen and oxygen atoms in total. The van der Waals surface area contributed by atoms with E-state index in [2.05, 4.69) is 5.16 Å². The first kappa shape index (κ1) is 20.4. The molecule has 0 bridgehead atoms. The van der Waals surface area contributed by atoms with E-state index in [1.807, 2.05) is 0 Å². The van der Waals surface area contributed by atoms with Crippen LogP contribution in [0.15, 0.2) is 70.7 Å². The molecule has 0 N–H and O–H groups in total. The highest BCUT2D eigenvalue weighted by atomic mass is 35.5. The van der Waals surface area contributed by atoms with Crippen molar-refractivity contribution in [2.24, 2.45) is 5.16 Å². The second-order valence-electron chi connectivity index (χ2n) is 6.30. The Balaban J connectivity index is 1.84. The normalized spacial score (nSPS) is 14.2. The van der Waals surface area contributed by atoms with Crippen molar-refractivity contribution < 1.29 is 22.2 Å². The van der Waals surface area contributed by atoms with Crippen LogP contribution in [0.5, 0.6) is 5.75 Å². The Morgan fingerprint density at radius 2 is 1.43 bits per heavy atom. The maximum Gasteiger partial charge on any atom is 0.358 e. The molecule has 0 unspecified atom stereocenters. The number of fused-ring (bicyclic) bond motifs is 2. The number of hydrogen-bond donors (Lipinski definition) is 0. The monoisotopic (exact) mass is 461 g/mol. The lowest BCUT2D eigenvalue weighted by molar-refractivity contribution is 0.103. The van der Waals surface area contributed by atoms with Gasteiger partial charge in [0.05, 0.1) is 22.7 Å². The molecular weight excluding hydrogens is 449 g/mol. The third-order valence-corrected chi connectivity index (χ3v) is 6.32. The lowest BCUT2D eigenvalue weighted by Crippen LogP contribution is -2.23. The minimum absolute atomic E-state index is 0.102. The fraction of sp³-hybridized carbons (Fsp3) is 0.0476. The number of nitrogens with zero attached hydrogens (tertiary/aromatic N) is 1. The van der Waals surface area contributed by atoms with Crippen molar-refractivity contribution in [3.05, 3.63) is 93.0 Å². The summed E-state index contributed by atoms with van der Waals surface area (Å²) in [4.78, 5) is 12.8. The zero-order valence-corrected chi connectivity index (χ0v) is 17.8. The zero-order valence-electron chi connectivity index (χ0n) is 15.4. The Kier molecular flexibility index (Phi) is 5.27. The predicted molar refractivity (Wildman–Crippen MR) is 113 cm³/mol. The Bertz CT molecular complexity index is 1300. The van der Waals surface area contributed by atoms with Crippen LogP contribution in [0, 0.1) is 0 Å². The smallest absolute Gasteiger partial charge is 0.358 e. The second-order valence-corrected chi connectivity index (χ2v) is 8.64. The number of rotatable bonds is 4. The van der Waals surface area contributed by atoms with Crippen LogP contribution in [-0.2, 0) is 14.4 Å². The van der Waals surface area contributed by atoms with Crippen LogP contribution < -0.4 is 4.74 Å². The van der Waals surface area contributed by atoms with Gasteiger partial charge >= 0.3 is 10.1 Å². The van der Waals surface area contributed by atoms with Gasteiger partial charge in [-0.15, -0.1) is 0 Å². The molecule has 0 spiro atoms. The molecule has 0 radical (unpaired) electrons. The van der Waals surface area contributed by atoms with Crippen LogP contribution in [0.4, 0.5) is 0 Å². The summed E-state index contributed by atoms with van der Waals surface area (Å²) < 4.78 is 35.2. The largest absolute Gasteiger partial charge is 0.497 e. The zero-order chi connectivity index (χ0) is 21.5. The van der Waals surface area contributed by atoms with Crippen molar-refractivity contribution in [1.29, 1.82) is 0 Å². The van der Waals surface area contributed by atoms with Gasteiger partial charge in [0, 0.05) is 16.7 Å². The number of carbonyl (C=O) groups is 1. The fourth-order valence-corrected chi connectivity index (χ4v) is 4.39. The van der Waals surface area contributed by atoms with Gasteiger partial charge in [0.25, 0.3) is 0 Å². The van der Waals surface area contributed by atoms with E-state index in [0.29, 0.717) is 11.3 Å². The first-order valence-corrected chi connectivity index (χ1v) is 10.8. The fourth-order valence-electron chi connectivity index (χ4n) is 3.14. The maximum absolute atomic E-state index is 12.9. The van der Waals surface area contributed by atoms with E-state index in [0.717, 1.165) is 0 Å². The molecule has 0 amide bonds. The minimum Gasteiger partial charge on any atom is -0.497 e. The molecule has 30 heavy (non-hydrogen) atoms. The molecule has 4 rings (SSSR count). The van der Waals surface area contributed by atoms with Crippen LogP contribution in [0.25, 0.3) is 0 Å². The van der Waals surface area contributed by atoms with Crippen molar-refractivity contribution in [3.8, 4) is 5.75 Å². The molecule has 152 valence electrons. The van der Waals surface area contributed by atoms with E-state index in [4.69, 9.17) is 32.2 Å². The molecule has 0 saturated carbocycles. The second kappa shape index (κ2) is 7.75. The summed E-state index contributed by atoms with van der Waals surface area (Å²) in [5, 5.41) is 4.34. The van der Waals surface area contributed by atoms with Crippen molar-refractivity contribution in [1.82, 2.24) is 0 Å². The minimum atomic E-state index is -4.23. The quantitative estimate of drug-likeness (QED) is 0.411. The number of benzene rings is 3. The summed E-state index contributed by atoms with van der Waals surface area (Å²) in [5.41, 5.74) is 1.18. The molecule has 0 aliphatic heterocycles. The van der Waals surface area contributed by atoms with Crippen LogP contribution in [-0.4, -0.2) is 27.0 Å². The van der Waals surface area contributed by atoms with Gasteiger partial charge in [0.2, 0.25) is 0 Å². The van der Waals surface area contributed by atoms with Crippen molar-refractivity contribution in [2.45, 2.75) is 4.90 Å². The molecule has 0 saturated heterocycles. The third-order valence-electron chi connectivity index (χ3n) is 4.57. The summed E-state index contributed by atoms with van der Waals surface area (Å²) in [5.74, 6) is 0.167. The number of methoxy groups -OCH3 is 1. The standard InChI is InChI=1S/C21H13Cl2NO5S/c1-28-12-8-10-13(11-9-12)30(26,27)29-24-20-14-4-2-7-17(23)19(14)21(25)15-5-3-6-16(22)18(15)20/h2-11H,1H3/b24-20+. The Hall–Kier alpha value is -2.87.